The van der Waals surface area contributed by atoms with Gasteiger partial charge < -0.3 is 99.1 Å². The van der Waals surface area contributed by atoms with Gasteiger partial charge in [-0.15, -0.1) is 0 Å². The highest BCUT2D eigenvalue weighted by molar-refractivity contribution is 8.06. The van der Waals surface area contributed by atoms with Crippen molar-refractivity contribution < 1.29 is 109 Å². The van der Waals surface area contributed by atoms with Crippen LogP contribution in [0.2, 0.25) is 0 Å². The number of nitrogens with two attached hydrogens (primary N) is 3. The fraction of sp³-hybridized carbons (Fsp3) is 0.606. The number of aliphatic imine (C=N–C) groups is 2. The molecular weight excluding hydrogens is 1130 g/mol. The highest BCUT2D eigenvalue weighted by Crippen LogP contribution is 2.63. The molecule has 1 amide bonds. The average molecular weight is 1170 g/mol. The fourth-order valence-corrected chi connectivity index (χ4v) is 13.5. The van der Waals surface area contributed by atoms with Gasteiger partial charge in [0, 0.05) is 7.11 Å². The number of H-pyrrole nitrogens is 1. The molecule has 43 heteroatoms. The number of anilines is 2. The molecular formula is C33H44N15O23P4S-3. The van der Waals surface area contributed by atoms with Crippen LogP contribution in [-0.4, -0.2) is 178 Å². The second-order valence-corrected chi connectivity index (χ2v) is 24.1. The molecule has 0 aliphatic carbocycles. The van der Waals surface area contributed by atoms with Crippen LogP contribution in [0.15, 0.2) is 33.8 Å². The second-order valence-electron chi connectivity index (χ2n) is 16.9. The third kappa shape index (κ3) is 11.2. The molecule has 5 aliphatic heterocycles. The molecule has 76 heavy (non-hydrogen) atoms. The van der Waals surface area contributed by atoms with Crippen LogP contribution in [0.3, 0.4) is 0 Å². The van der Waals surface area contributed by atoms with E-state index in [0.717, 1.165) is 30.7 Å². The Bertz CT molecular complexity index is 3210. The summed E-state index contributed by atoms with van der Waals surface area (Å²) in [5, 5.41) is 45.7. The molecule has 3 saturated heterocycles. The Hall–Kier alpha value is -4.47. The van der Waals surface area contributed by atoms with E-state index in [9.17, 15) is 63.3 Å². The van der Waals surface area contributed by atoms with Crippen molar-refractivity contribution in [1.82, 2.24) is 44.3 Å². The molecule has 12 N–H and O–H groups in total. The van der Waals surface area contributed by atoms with Crippen molar-refractivity contribution in [2.45, 2.75) is 99.3 Å². The number of phosphoric acid groups is 3. The number of hydrogen-bond acceptors (Lipinski definition) is 34. The van der Waals surface area contributed by atoms with Crippen molar-refractivity contribution in [3.8, 4) is 0 Å². The Morgan fingerprint density at radius 2 is 1.49 bits per heavy atom. The molecule has 4 aromatic rings. The van der Waals surface area contributed by atoms with E-state index < -0.39 is 147 Å². The predicted molar refractivity (Wildman–Crippen MR) is 241 cm³/mol. The number of ether oxygens (including phenoxy) is 4. The highest BCUT2D eigenvalue weighted by Gasteiger charge is 2.53. The number of rotatable bonds is 20. The maximum absolute atomic E-state index is 13.9. The number of amides is 1. The van der Waals surface area contributed by atoms with Gasteiger partial charge in [-0.3, -0.25) is 47.7 Å². The second kappa shape index (κ2) is 21.3. The standard InChI is InChI=1S/C33H47N15O23P4S/c1-3-45-10-48(26-16(45)28(54)44-33(36)42-26)30-20(52)17(49)11(67-30)4-63-72(55,56)70-74(59,60)71-73(57,58)64-6-13-21(22(62-2)31(68-13)46-8-39-14-23(34)37-7-38-24(14)46)69-75(61,76)65-5-12-18(50)19(51)29(66-12)47-9-40-15-25(47)41-32(35)43-27(15)53/h7-13,15,17-22,25,29-31,49-52H,3-6H2,1-2H3,(H11-,34,35,36,37,38,41,42,43,44,53,54,55,56,57,58,59,60,61,76)/p-3/t11-,12-,13-,15?,17-,18-,19-,20-,21-,22-,25?,29-,30-,31-,75?/m1/s1. The monoisotopic (exact) mass is 1170 g/mol. The lowest BCUT2D eigenvalue weighted by Gasteiger charge is -2.36. The summed E-state index contributed by atoms with van der Waals surface area (Å²) in [6, 6.07) is -1.07. The molecule has 9 heterocycles. The number of aromatic nitrogens is 8. The average Bonchev–Trinajstić information content (AvgIpc) is 4.19. The van der Waals surface area contributed by atoms with Crippen LogP contribution in [0.5, 0.6) is 0 Å². The smallest absolute Gasteiger partial charge is 0.313 e. The van der Waals surface area contributed by atoms with Crippen LogP contribution in [0.1, 0.15) is 19.4 Å². The molecule has 9 rings (SSSR count). The van der Waals surface area contributed by atoms with E-state index in [-0.39, 0.29) is 46.6 Å². The minimum absolute atomic E-state index is 0.00468. The summed E-state index contributed by atoms with van der Waals surface area (Å²) in [4.78, 5) is 105. The van der Waals surface area contributed by atoms with Crippen LogP contribution in [-0.2, 0) is 82.5 Å². The number of aryl methyl sites for hydroxylation is 1. The lowest BCUT2D eigenvalue weighted by Crippen LogP contribution is -2.56. The van der Waals surface area contributed by atoms with Crippen molar-refractivity contribution in [2.75, 3.05) is 38.4 Å². The normalized spacial score (nSPS) is 33.7. The zero-order valence-corrected chi connectivity index (χ0v) is 43.1. The summed E-state index contributed by atoms with van der Waals surface area (Å²) in [5.74, 6) is -1.24. The number of nitrogens with one attached hydrogen (secondary N) is 2. The first-order chi connectivity index (χ1) is 35.7. The highest BCUT2D eigenvalue weighted by atomic mass is 32.5. The summed E-state index contributed by atoms with van der Waals surface area (Å²) >= 11 is 5.15. The van der Waals surface area contributed by atoms with Crippen LogP contribution >= 0.6 is 30.2 Å². The number of nitrogens with zero attached hydrogens (tertiary/aromatic N) is 10. The number of methoxy groups -OCH3 is 1. The van der Waals surface area contributed by atoms with Crippen LogP contribution in [0.4, 0.5) is 11.8 Å². The van der Waals surface area contributed by atoms with Crippen LogP contribution < -0.4 is 52.2 Å². The van der Waals surface area contributed by atoms with Crippen molar-refractivity contribution in [3.05, 3.63) is 29.3 Å². The van der Waals surface area contributed by atoms with Gasteiger partial charge in [0.1, 0.15) is 73.5 Å². The third-order valence-corrected chi connectivity index (χ3v) is 17.7. The minimum atomic E-state index is -6.56. The summed E-state index contributed by atoms with van der Waals surface area (Å²) in [7, 11) is -17.9. The van der Waals surface area contributed by atoms with Gasteiger partial charge in [-0.1, -0.05) is 16.8 Å². The van der Waals surface area contributed by atoms with Gasteiger partial charge in [-0.25, -0.2) is 33.1 Å². The minimum Gasteiger partial charge on any atom is -0.780 e. The summed E-state index contributed by atoms with van der Waals surface area (Å²) in [6.07, 6.45) is -16.3. The predicted octanol–water partition coefficient (Wildman–Crippen LogP) is -8.04. The SMILES string of the molecule is CCn1c[n+]([C@@H]2O[C@H](COP(=O)([O-])OP(=O)([O-])OP(=O)([O-])OC[C@H]3O[C@@H](n4cnc5c(N)ncnc54)[C@H](OC)[C@@H]3OP([O-])(=S)OC[C@H]3O[C@@H](N4C=NC5C(=O)NC(N)=NC54)[C@H](O)[C@@H]3O)[C@@H](O)[C@H]2O)c2nc(N)[nH]c(=O)c21. The third-order valence-electron chi connectivity index (χ3n) is 12.1. The molecule has 0 saturated carbocycles. The van der Waals surface area contributed by atoms with E-state index in [0.29, 0.717) is 0 Å². The summed E-state index contributed by atoms with van der Waals surface area (Å²) < 4.78 is 93.7. The first-order valence-electron chi connectivity index (χ1n) is 21.9. The van der Waals surface area contributed by atoms with Crippen molar-refractivity contribution >= 4 is 94.3 Å². The van der Waals surface area contributed by atoms with E-state index in [1.807, 2.05) is 0 Å². The Labute approximate surface area is 429 Å². The number of carbonyl (C=O) groups excluding carboxylic acids is 1. The molecule has 0 bridgehead atoms. The van der Waals surface area contributed by atoms with E-state index >= 15 is 0 Å². The molecule has 0 spiro atoms. The molecule has 3 fully saturated rings. The van der Waals surface area contributed by atoms with Crippen LogP contribution in [0, 0.1) is 0 Å². The molecule has 4 aromatic heterocycles. The van der Waals surface area contributed by atoms with Crippen molar-refractivity contribution in [3.63, 3.8) is 0 Å². The number of imidazole rings is 2. The molecule has 38 nitrogen and oxygen atoms in total. The molecule has 0 aromatic carbocycles. The van der Waals surface area contributed by atoms with Gasteiger partial charge in [-0.05, 0) is 6.92 Å². The maximum atomic E-state index is 13.9. The van der Waals surface area contributed by atoms with Gasteiger partial charge in [0.05, 0.1) is 39.0 Å². The topological polar surface area (TPSA) is 550 Å². The Morgan fingerprint density at radius 3 is 2.17 bits per heavy atom. The summed E-state index contributed by atoms with van der Waals surface area (Å²) in [5.41, 5.74) is 16.6. The molecule has 418 valence electrons. The number of aliphatic hydroxyl groups excluding tert-OH is 4. The van der Waals surface area contributed by atoms with E-state index in [2.05, 4.69) is 53.4 Å². The number of aromatic amines is 1. The number of fused-ring (bicyclic) bond motifs is 3. The van der Waals surface area contributed by atoms with Gasteiger partial charge in [-0.2, -0.15) is 0 Å². The molecule has 18 atom stereocenters. The number of guanidine groups is 1. The van der Waals surface area contributed by atoms with Crippen LogP contribution in [0.25, 0.3) is 22.3 Å². The lowest BCUT2D eigenvalue weighted by molar-refractivity contribution is -0.746. The molecule has 0 radical (unpaired) electrons. The Kier molecular flexibility index (Phi) is 15.8. The van der Waals surface area contributed by atoms with Gasteiger partial charge in [0.15, 0.2) is 48.4 Å². The van der Waals surface area contributed by atoms with E-state index in [1.165, 1.54) is 20.4 Å². The zero-order valence-electron chi connectivity index (χ0n) is 38.7. The number of hydrogen-bond donors (Lipinski definition) is 9. The maximum Gasteiger partial charge on any atom is 0.313 e. The number of nitrogen functional groups attached to an aromatic ring is 2. The lowest BCUT2D eigenvalue weighted by atomic mass is 10.1. The fourth-order valence-electron chi connectivity index (χ4n) is 8.68. The van der Waals surface area contributed by atoms with E-state index in [1.54, 1.807) is 6.92 Å². The zero-order chi connectivity index (χ0) is 55.0. The van der Waals surface area contributed by atoms with Gasteiger partial charge >= 0.3 is 5.65 Å². The Balaban J connectivity index is 0.852. The first kappa shape index (κ1) is 56.3. The number of phosphoric ester groups is 2. The Morgan fingerprint density at radius 1 is 0.842 bits per heavy atom. The quantitative estimate of drug-likeness (QED) is 0.0293. The first-order valence-corrected chi connectivity index (χ1v) is 28.8. The van der Waals surface area contributed by atoms with Crippen molar-refractivity contribution in [1.29, 1.82) is 0 Å². The molecule has 6 unspecified atom stereocenters. The number of aliphatic hydroxyl groups is 4. The van der Waals surface area contributed by atoms with Gasteiger partial charge in [0.2, 0.25) is 11.7 Å². The van der Waals surface area contributed by atoms with Crippen molar-refractivity contribution in [2.24, 2.45) is 15.7 Å². The number of carbonyl (C=O) groups is 1. The molecule has 5 aliphatic rings. The van der Waals surface area contributed by atoms with E-state index in [4.69, 9.17) is 61.5 Å². The largest absolute Gasteiger partial charge is 0.780 e. The van der Waals surface area contributed by atoms with Gasteiger partial charge in [0.25, 0.3) is 40.9 Å². The summed E-state index contributed by atoms with van der Waals surface area (Å²) in [6.45, 7) is -6.40.